The van der Waals surface area contributed by atoms with Crippen LogP contribution in [0.2, 0.25) is 0 Å². The van der Waals surface area contributed by atoms with Crippen molar-refractivity contribution < 1.29 is 8.97 Å². The number of piperazine rings is 2. The van der Waals surface area contributed by atoms with Gasteiger partial charge in [0.15, 0.2) is 0 Å². The van der Waals surface area contributed by atoms with Crippen molar-refractivity contribution in [3.05, 3.63) is 0 Å². The molecule has 4 saturated heterocycles. The minimum Gasteiger partial charge on any atom is -0.321 e. The van der Waals surface area contributed by atoms with Gasteiger partial charge >= 0.3 is 0 Å². The van der Waals surface area contributed by atoms with Gasteiger partial charge in [-0.2, -0.15) is 0 Å². The summed E-state index contributed by atoms with van der Waals surface area (Å²) < 4.78 is 2.93. The van der Waals surface area contributed by atoms with Crippen molar-refractivity contribution in [1.29, 1.82) is 0 Å². The van der Waals surface area contributed by atoms with Crippen LogP contribution in [0.4, 0.5) is 0 Å². The van der Waals surface area contributed by atoms with Crippen molar-refractivity contribution in [3.63, 3.8) is 0 Å². The van der Waals surface area contributed by atoms with Gasteiger partial charge in [-0.05, 0) is 25.9 Å². The third-order valence-corrected chi connectivity index (χ3v) is 9.29. The first-order chi connectivity index (χ1) is 14.8. The van der Waals surface area contributed by atoms with Crippen LogP contribution in [0.15, 0.2) is 0 Å². The lowest BCUT2D eigenvalue weighted by Gasteiger charge is -2.42. The van der Waals surface area contributed by atoms with Crippen molar-refractivity contribution in [2.75, 3.05) is 91.6 Å². The Kier molecular flexibility index (Phi) is 8.92. The Bertz CT molecular complexity index is 417. The number of hydrogen-bond acceptors (Lipinski definition) is 2. The average Bonchev–Trinajstić information content (AvgIpc) is 3.43. The zero-order chi connectivity index (χ0) is 20.5. The minimum absolute atomic E-state index is 1.37. The third kappa shape index (κ3) is 6.67. The molecule has 0 atom stereocenters. The highest BCUT2D eigenvalue weighted by atomic mass is 15.4. The summed E-state index contributed by atoms with van der Waals surface area (Å²) in [6.07, 6.45) is 17.6. The fraction of sp³-hybridized carbons (Fsp3) is 1.00. The molecule has 0 aromatic carbocycles. The Hall–Kier alpha value is -0.160. The number of rotatable bonds is 11. The molecule has 30 heavy (non-hydrogen) atoms. The Morgan fingerprint density at radius 1 is 0.367 bits per heavy atom. The molecule has 0 saturated carbocycles. The monoisotopic (exact) mass is 420 g/mol. The molecule has 4 fully saturated rings. The zero-order valence-corrected chi connectivity index (χ0v) is 20.2. The first-order valence-electron chi connectivity index (χ1n) is 13.9. The van der Waals surface area contributed by atoms with Crippen molar-refractivity contribution in [2.45, 2.75) is 77.0 Å². The van der Waals surface area contributed by atoms with Crippen LogP contribution in [-0.2, 0) is 0 Å². The Labute approximate surface area is 187 Å². The second-order valence-electron chi connectivity index (χ2n) is 11.4. The maximum atomic E-state index is 2.76. The van der Waals surface area contributed by atoms with Crippen LogP contribution in [0.3, 0.4) is 0 Å². The molecule has 0 aromatic rings. The largest absolute Gasteiger partial charge is 0.321 e. The summed E-state index contributed by atoms with van der Waals surface area (Å²) >= 11 is 0. The van der Waals surface area contributed by atoms with Gasteiger partial charge in [-0.3, -0.25) is 9.80 Å². The summed E-state index contributed by atoms with van der Waals surface area (Å²) in [5.74, 6) is 0. The third-order valence-electron chi connectivity index (χ3n) is 9.29. The molecule has 0 amide bonds. The van der Waals surface area contributed by atoms with Crippen LogP contribution in [0.1, 0.15) is 77.0 Å². The molecule has 174 valence electrons. The van der Waals surface area contributed by atoms with E-state index >= 15 is 0 Å². The van der Waals surface area contributed by atoms with Gasteiger partial charge in [0.05, 0.1) is 52.4 Å². The van der Waals surface area contributed by atoms with Crippen molar-refractivity contribution in [1.82, 2.24) is 9.80 Å². The molecule has 4 aliphatic rings. The predicted octanol–water partition coefficient (Wildman–Crippen LogP) is 3.96. The fourth-order valence-corrected chi connectivity index (χ4v) is 6.95. The average molecular weight is 421 g/mol. The molecule has 0 radical (unpaired) electrons. The first kappa shape index (κ1) is 23.0. The van der Waals surface area contributed by atoms with E-state index in [9.17, 15) is 0 Å². The highest BCUT2D eigenvalue weighted by Crippen LogP contribution is 2.23. The second kappa shape index (κ2) is 11.6. The van der Waals surface area contributed by atoms with Crippen molar-refractivity contribution in [3.8, 4) is 0 Å². The van der Waals surface area contributed by atoms with Gasteiger partial charge in [0.25, 0.3) is 0 Å². The highest BCUT2D eigenvalue weighted by molar-refractivity contribution is 4.69. The molecule has 4 heterocycles. The quantitative estimate of drug-likeness (QED) is 0.369. The van der Waals surface area contributed by atoms with E-state index in [1.165, 1.54) is 178 Å². The van der Waals surface area contributed by atoms with Crippen LogP contribution in [-0.4, -0.2) is 110 Å². The van der Waals surface area contributed by atoms with Gasteiger partial charge in [-0.25, -0.2) is 0 Å². The van der Waals surface area contributed by atoms with E-state index < -0.39 is 0 Å². The van der Waals surface area contributed by atoms with Crippen LogP contribution in [0, 0.1) is 0 Å². The summed E-state index contributed by atoms with van der Waals surface area (Å²) in [7, 11) is 0. The molecule has 0 unspecified atom stereocenters. The van der Waals surface area contributed by atoms with E-state index in [4.69, 9.17) is 0 Å². The minimum atomic E-state index is 1.37. The number of unbranched alkanes of at least 4 members (excludes halogenated alkanes) is 7. The van der Waals surface area contributed by atoms with Gasteiger partial charge in [0.2, 0.25) is 0 Å². The van der Waals surface area contributed by atoms with Crippen LogP contribution < -0.4 is 0 Å². The Morgan fingerprint density at radius 3 is 1.00 bits per heavy atom. The summed E-state index contributed by atoms with van der Waals surface area (Å²) in [5, 5.41) is 0. The summed E-state index contributed by atoms with van der Waals surface area (Å²) in [6, 6.07) is 0. The van der Waals surface area contributed by atoms with Crippen LogP contribution >= 0.6 is 0 Å². The van der Waals surface area contributed by atoms with E-state index in [0.29, 0.717) is 0 Å². The van der Waals surface area contributed by atoms with Gasteiger partial charge in [-0.1, -0.05) is 38.5 Å². The lowest BCUT2D eigenvalue weighted by Crippen LogP contribution is -2.57. The summed E-state index contributed by atoms with van der Waals surface area (Å²) in [5.41, 5.74) is 0. The normalized spacial score (nSPS) is 26.8. The van der Waals surface area contributed by atoms with Crippen LogP contribution in [0.5, 0.6) is 0 Å². The van der Waals surface area contributed by atoms with Crippen molar-refractivity contribution in [2.24, 2.45) is 0 Å². The molecule has 4 aliphatic heterocycles. The van der Waals surface area contributed by atoms with Crippen molar-refractivity contribution >= 4 is 0 Å². The highest BCUT2D eigenvalue weighted by Gasteiger charge is 2.36. The molecule has 4 rings (SSSR count). The Balaban J connectivity index is 0.916. The topological polar surface area (TPSA) is 6.48 Å². The van der Waals surface area contributed by atoms with E-state index in [1.54, 1.807) is 0 Å². The van der Waals surface area contributed by atoms with Crippen LogP contribution in [0.25, 0.3) is 0 Å². The SMILES string of the molecule is C(CCCCCN1CC[N+]2(CCCC2)CC1)CCCCN1CC[N+]2(CCCC2)CC1. The maximum Gasteiger partial charge on any atom is 0.0916 e. The molecule has 2 spiro atoms. The molecule has 4 heteroatoms. The molecule has 0 aliphatic carbocycles. The fourth-order valence-electron chi connectivity index (χ4n) is 6.95. The smallest absolute Gasteiger partial charge is 0.0916 e. The van der Waals surface area contributed by atoms with Gasteiger partial charge in [-0.15, -0.1) is 0 Å². The Morgan fingerprint density at radius 2 is 0.667 bits per heavy atom. The number of hydrogen-bond donors (Lipinski definition) is 0. The molecule has 0 aromatic heterocycles. The molecular weight excluding hydrogens is 368 g/mol. The molecule has 0 bridgehead atoms. The first-order valence-corrected chi connectivity index (χ1v) is 13.9. The van der Waals surface area contributed by atoms with E-state index in [1.807, 2.05) is 0 Å². The standard InChI is InChI=1S/C26H52N4/c1(3-5-7-13-27-15-23-29(24-16-27)19-9-10-20-29)2-4-6-8-14-28-17-25-30(26-18-28)21-11-12-22-30/h1-26H2/q+2. The lowest BCUT2D eigenvalue weighted by molar-refractivity contribution is -0.920. The van der Waals surface area contributed by atoms with E-state index in [0.717, 1.165) is 0 Å². The van der Waals surface area contributed by atoms with Gasteiger partial charge in [0.1, 0.15) is 0 Å². The van der Waals surface area contributed by atoms with E-state index in [2.05, 4.69) is 9.80 Å². The molecule has 4 nitrogen and oxygen atoms in total. The van der Waals surface area contributed by atoms with Gasteiger partial charge < -0.3 is 8.97 Å². The molecular formula is C26H52N4+2. The van der Waals surface area contributed by atoms with E-state index in [-0.39, 0.29) is 0 Å². The zero-order valence-electron chi connectivity index (χ0n) is 20.2. The lowest BCUT2D eigenvalue weighted by atomic mass is 10.1. The second-order valence-corrected chi connectivity index (χ2v) is 11.4. The maximum absolute atomic E-state index is 2.76. The summed E-state index contributed by atoms with van der Waals surface area (Å²) in [4.78, 5) is 5.52. The van der Waals surface area contributed by atoms with Gasteiger partial charge in [0, 0.05) is 51.9 Å². The predicted molar refractivity (Wildman–Crippen MR) is 128 cm³/mol. The summed E-state index contributed by atoms with van der Waals surface area (Å²) in [6.45, 7) is 19.9. The molecule has 0 N–H and O–H groups in total. The number of nitrogens with zero attached hydrogens (tertiary/aromatic N) is 4. The number of quaternary nitrogens is 2.